The van der Waals surface area contributed by atoms with Gasteiger partial charge in [0, 0.05) is 53.7 Å². The van der Waals surface area contributed by atoms with Crippen LogP contribution in [-0.4, -0.2) is 24.2 Å². The second-order valence-electron chi connectivity index (χ2n) is 9.61. The van der Waals surface area contributed by atoms with E-state index in [-0.39, 0.29) is 29.9 Å². The number of aromatic amines is 1. The molecular weight excluding hydrogens is 539 g/mol. The topological polar surface area (TPSA) is 106 Å². The van der Waals surface area contributed by atoms with Gasteiger partial charge in [-0.1, -0.05) is 18.2 Å². The average Bonchev–Trinajstić information content (AvgIpc) is 3.28. The fourth-order valence-electron chi connectivity index (χ4n) is 4.96. The molecule has 0 spiro atoms. The molecule has 40 heavy (non-hydrogen) atoms. The average molecular weight is 564 g/mol. The highest BCUT2D eigenvalue weighted by Gasteiger charge is 2.24. The number of carbonyl (C=O) groups excluding carboxylic acids is 1. The Hall–Kier alpha value is -4.28. The summed E-state index contributed by atoms with van der Waals surface area (Å²) in [5.41, 5.74) is 3.16. The van der Waals surface area contributed by atoms with Crippen molar-refractivity contribution in [3.8, 4) is 11.1 Å². The van der Waals surface area contributed by atoms with Crippen molar-refractivity contribution >= 4 is 26.7 Å². The van der Waals surface area contributed by atoms with Gasteiger partial charge >= 0.3 is 0 Å². The standard InChI is InChI=1S/C30H24F3N3O3S/c31-22-6-7-29-28(16-22)21(17-36-29)13-25(37)12-20(9-18-10-23(32)15-24(33)11-18)30-27(5-2-8-35-30)19-3-1-4-26(14-19)40(34,38)39/h1-8,10-11,14-17,20,36H,9,12-13H2,(H2,34,38,39)/t20-/m1/s1. The molecule has 3 aromatic carbocycles. The van der Waals surface area contributed by atoms with Crippen LogP contribution in [0.2, 0.25) is 0 Å². The highest BCUT2D eigenvalue weighted by Crippen LogP contribution is 2.34. The second kappa shape index (κ2) is 11.1. The van der Waals surface area contributed by atoms with Gasteiger partial charge < -0.3 is 4.98 Å². The molecule has 2 heterocycles. The number of carbonyl (C=O) groups is 1. The van der Waals surface area contributed by atoms with Gasteiger partial charge in [-0.15, -0.1) is 0 Å². The number of aromatic nitrogens is 2. The highest BCUT2D eigenvalue weighted by atomic mass is 32.2. The van der Waals surface area contributed by atoms with E-state index in [4.69, 9.17) is 5.14 Å². The van der Waals surface area contributed by atoms with Crippen molar-refractivity contribution < 1.29 is 26.4 Å². The van der Waals surface area contributed by atoms with Crippen molar-refractivity contribution in [1.82, 2.24) is 9.97 Å². The number of primary sulfonamides is 1. The molecule has 204 valence electrons. The summed E-state index contributed by atoms with van der Waals surface area (Å²) >= 11 is 0. The van der Waals surface area contributed by atoms with Crippen LogP contribution in [-0.2, 0) is 27.7 Å². The molecule has 6 nitrogen and oxygen atoms in total. The Balaban J connectivity index is 1.53. The van der Waals surface area contributed by atoms with E-state index in [2.05, 4.69) is 9.97 Å². The Morgan fingerprint density at radius 1 is 0.925 bits per heavy atom. The maximum atomic E-state index is 14.1. The number of fused-ring (bicyclic) bond motifs is 1. The van der Waals surface area contributed by atoms with Gasteiger partial charge in [-0.2, -0.15) is 0 Å². The number of rotatable bonds is 9. The SMILES string of the molecule is NS(=O)(=O)c1cccc(-c2cccnc2[C@@H](CC(=O)Cc2c[nH]c3ccc(F)cc23)Cc2cc(F)cc(F)c2)c1. The number of nitrogens with zero attached hydrogens (tertiary/aromatic N) is 1. The Morgan fingerprint density at radius 3 is 2.45 bits per heavy atom. The number of sulfonamides is 1. The number of hydrogen-bond donors (Lipinski definition) is 2. The molecule has 2 aromatic heterocycles. The maximum Gasteiger partial charge on any atom is 0.238 e. The lowest BCUT2D eigenvalue weighted by Gasteiger charge is -2.20. The summed E-state index contributed by atoms with van der Waals surface area (Å²) in [6, 6.07) is 16.9. The van der Waals surface area contributed by atoms with Crippen molar-refractivity contribution in [3.63, 3.8) is 0 Å². The van der Waals surface area contributed by atoms with Crippen LogP contribution in [0.3, 0.4) is 0 Å². The highest BCUT2D eigenvalue weighted by molar-refractivity contribution is 7.89. The normalized spacial score (nSPS) is 12.5. The van der Waals surface area contributed by atoms with Crippen LogP contribution in [0.5, 0.6) is 0 Å². The first kappa shape index (κ1) is 27.3. The summed E-state index contributed by atoms with van der Waals surface area (Å²) in [5.74, 6) is -2.73. The van der Waals surface area contributed by atoms with Gasteiger partial charge in [0.2, 0.25) is 10.0 Å². The van der Waals surface area contributed by atoms with Gasteiger partial charge in [0.05, 0.1) is 10.6 Å². The Morgan fingerprint density at radius 2 is 1.70 bits per heavy atom. The first-order valence-corrected chi connectivity index (χ1v) is 13.9. The minimum absolute atomic E-state index is 0.000530. The Bertz CT molecular complexity index is 1820. The van der Waals surface area contributed by atoms with Gasteiger partial charge in [-0.3, -0.25) is 9.78 Å². The summed E-state index contributed by atoms with van der Waals surface area (Å²) in [5, 5.41) is 5.92. The molecule has 0 unspecified atom stereocenters. The van der Waals surface area contributed by atoms with E-state index in [0.717, 1.165) is 6.07 Å². The van der Waals surface area contributed by atoms with E-state index in [1.54, 1.807) is 36.5 Å². The molecular formula is C30H24F3N3O3S. The number of H-pyrrole nitrogens is 1. The molecule has 0 aliphatic carbocycles. The maximum absolute atomic E-state index is 14.1. The van der Waals surface area contributed by atoms with E-state index in [1.165, 1.54) is 42.6 Å². The zero-order valence-corrected chi connectivity index (χ0v) is 21.9. The predicted octanol–water partition coefficient (Wildman–Crippen LogP) is 5.82. The number of Topliss-reactive ketones (excluding diaryl/α,β-unsaturated/α-hetero) is 1. The zero-order valence-electron chi connectivity index (χ0n) is 21.1. The van der Waals surface area contributed by atoms with Gasteiger partial charge in [0.15, 0.2) is 0 Å². The molecule has 0 aliphatic rings. The van der Waals surface area contributed by atoms with Crippen LogP contribution in [0.4, 0.5) is 13.2 Å². The molecule has 0 saturated carbocycles. The minimum atomic E-state index is -3.98. The van der Waals surface area contributed by atoms with Crippen molar-refractivity contribution in [1.29, 1.82) is 0 Å². The number of pyridine rings is 1. The molecule has 10 heteroatoms. The molecule has 0 aliphatic heterocycles. The third kappa shape index (κ3) is 6.13. The molecule has 0 saturated heterocycles. The van der Waals surface area contributed by atoms with Gasteiger partial charge in [-0.25, -0.2) is 26.7 Å². The summed E-state index contributed by atoms with van der Waals surface area (Å²) in [6.45, 7) is 0. The number of halogens is 3. The molecule has 1 atom stereocenters. The molecule has 0 amide bonds. The number of nitrogens with two attached hydrogens (primary N) is 1. The lowest BCUT2D eigenvalue weighted by molar-refractivity contribution is -0.118. The summed E-state index contributed by atoms with van der Waals surface area (Å²) < 4.78 is 65.9. The number of ketones is 1. The third-order valence-corrected chi connectivity index (χ3v) is 7.61. The fraction of sp³-hybridized carbons (Fsp3) is 0.133. The quantitative estimate of drug-likeness (QED) is 0.236. The van der Waals surface area contributed by atoms with Crippen LogP contribution in [0.15, 0.2) is 90.1 Å². The van der Waals surface area contributed by atoms with Gasteiger partial charge in [0.1, 0.15) is 23.2 Å². The smallest absolute Gasteiger partial charge is 0.238 e. The van der Waals surface area contributed by atoms with E-state index < -0.39 is 33.4 Å². The summed E-state index contributed by atoms with van der Waals surface area (Å²) in [4.78, 5) is 20.9. The van der Waals surface area contributed by atoms with Crippen LogP contribution < -0.4 is 5.14 Å². The first-order valence-electron chi connectivity index (χ1n) is 12.4. The summed E-state index contributed by atoms with van der Waals surface area (Å²) in [6.07, 6.45) is 3.24. The largest absolute Gasteiger partial charge is 0.361 e. The van der Waals surface area contributed by atoms with Crippen molar-refractivity contribution in [2.45, 2.75) is 30.1 Å². The fourth-order valence-corrected chi connectivity index (χ4v) is 5.52. The van der Waals surface area contributed by atoms with Crippen LogP contribution in [0.1, 0.15) is 29.2 Å². The lowest BCUT2D eigenvalue weighted by atomic mass is 9.86. The number of hydrogen-bond acceptors (Lipinski definition) is 4. The van der Waals surface area contributed by atoms with E-state index >= 15 is 0 Å². The van der Waals surface area contributed by atoms with Gasteiger partial charge in [-0.05, 0) is 71.6 Å². The van der Waals surface area contributed by atoms with Crippen LogP contribution in [0.25, 0.3) is 22.0 Å². The predicted molar refractivity (Wildman–Crippen MR) is 145 cm³/mol. The minimum Gasteiger partial charge on any atom is -0.361 e. The van der Waals surface area contributed by atoms with Crippen LogP contribution in [0, 0.1) is 17.5 Å². The molecule has 0 radical (unpaired) electrons. The van der Waals surface area contributed by atoms with Gasteiger partial charge in [0.25, 0.3) is 0 Å². The first-order chi connectivity index (χ1) is 19.1. The van der Waals surface area contributed by atoms with Crippen molar-refractivity contribution in [3.05, 3.63) is 119 Å². The van der Waals surface area contributed by atoms with E-state index in [0.29, 0.717) is 38.9 Å². The van der Waals surface area contributed by atoms with Crippen molar-refractivity contribution in [2.24, 2.45) is 5.14 Å². The molecule has 0 fully saturated rings. The molecule has 5 aromatic rings. The Labute approximate surface area is 228 Å². The second-order valence-corrected chi connectivity index (χ2v) is 11.2. The third-order valence-electron chi connectivity index (χ3n) is 6.69. The summed E-state index contributed by atoms with van der Waals surface area (Å²) in [7, 11) is -3.98. The number of nitrogens with one attached hydrogen (secondary N) is 1. The van der Waals surface area contributed by atoms with Crippen LogP contribution >= 0.6 is 0 Å². The van der Waals surface area contributed by atoms with E-state index in [9.17, 15) is 26.4 Å². The van der Waals surface area contributed by atoms with Crippen molar-refractivity contribution in [2.75, 3.05) is 0 Å². The van der Waals surface area contributed by atoms with E-state index in [1.807, 2.05) is 0 Å². The lowest BCUT2D eigenvalue weighted by Crippen LogP contribution is -2.15. The zero-order chi connectivity index (χ0) is 28.4. The Kier molecular flexibility index (Phi) is 7.55. The number of benzene rings is 3. The molecule has 3 N–H and O–H groups in total. The molecule has 0 bridgehead atoms. The monoisotopic (exact) mass is 563 g/mol. The molecule has 5 rings (SSSR count).